The SMILES string of the molecule is C[C-]=O.[Y].c1ccncc1. The summed E-state index contributed by atoms with van der Waals surface area (Å²) in [4.78, 5) is 12.5. The zero-order valence-electron chi connectivity index (χ0n) is 5.82. The molecule has 0 saturated carbocycles. The van der Waals surface area contributed by atoms with Gasteiger partial charge in [0.05, 0.1) is 0 Å². The fraction of sp³-hybridized carbons (Fsp3) is 0.143. The van der Waals surface area contributed by atoms with E-state index in [0.29, 0.717) is 0 Å². The third-order valence-electron chi connectivity index (χ3n) is 0.566. The summed E-state index contributed by atoms with van der Waals surface area (Å²) in [6.07, 6.45) is 5.00. The Morgan fingerprint density at radius 1 is 1.20 bits per heavy atom. The van der Waals surface area contributed by atoms with Gasteiger partial charge < -0.3 is 4.79 Å². The first-order valence-electron chi connectivity index (χ1n) is 2.55. The molecule has 1 rings (SSSR count). The van der Waals surface area contributed by atoms with Gasteiger partial charge in [0.2, 0.25) is 0 Å². The third kappa shape index (κ3) is 10.8. The van der Waals surface area contributed by atoms with Crippen molar-refractivity contribution in [3.63, 3.8) is 0 Å². The van der Waals surface area contributed by atoms with Crippen molar-refractivity contribution < 1.29 is 37.5 Å². The van der Waals surface area contributed by atoms with Crippen molar-refractivity contribution in [2.75, 3.05) is 0 Å². The van der Waals surface area contributed by atoms with Crippen LogP contribution >= 0.6 is 0 Å². The topological polar surface area (TPSA) is 30.0 Å². The second-order valence-electron chi connectivity index (χ2n) is 1.23. The Kier molecular flexibility index (Phi) is 14.7. The molecule has 0 spiro atoms. The van der Waals surface area contributed by atoms with E-state index < -0.39 is 0 Å². The van der Waals surface area contributed by atoms with Gasteiger partial charge in [-0.2, -0.15) is 6.92 Å². The quantitative estimate of drug-likeness (QED) is 0.603. The van der Waals surface area contributed by atoms with Crippen LogP contribution in [0.1, 0.15) is 6.92 Å². The predicted octanol–water partition coefficient (Wildman–Crippen LogP) is 1.20. The molecular formula is C7H8NOY-. The Morgan fingerprint density at radius 3 is 1.70 bits per heavy atom. The Bertz CT molecular complexity index is 117. The standard InChI is InChI=1S/C5H5N.C2H3O.Y/c1-2-4-6-5-3-1;1-2-3;/h1-5H;1H3;/q;-1;. The summed E-state index contributed by atoms with van der Waals surface area (Å²) in [5.74, 6) is 0. The number of rotatable bonds is 0. The zero-order chi connectivity index (χ0) is 6.95. The Labute approximate surface area is 85.9 Å². The molecule has 2 nitrogen and oxygen atoms in total. The fourth-order valence-electron chi connectivity index (χ4n) is 0.313. The zero-order valence-corrected chi connectivity index (χ0v) is 8.66. The Balaban J connectivity index is 0. The minimum Gasteiger partial charge on any atom is -0.542 e. The number of aromatic nitrogens is 1. The van der Waals surface area contributed by atoms with E-state index in [4.69, 9.17) is 4.79 Å². The second-order valence-corrected chi connectivity index (χ2v) is 1.23. The number of nitrogens with zero attached hydrogens (tertiary/aromatic N) is 1. The third-order valence-corrected chi connectivity index (χ3v) is 0.566. The van der Waals surface area contributed by atoms with Crippen LogP contribution in [0.5, 0.6) is 0 Å². The van der Waals surface area contributed by atoms with E-state index >= 15 is 0 Å². The van der Waals surface area contributed by atoms with E-state index in [2.05, 4.69) is 4.98 Å². The molecule has 1 aromatic heterocycles. The average molecular weight is 211 g/mol. The van der Waals surface area contributed by atoms with Crippen LogP contribution in [0, 0.1) is 0 Å². The predicted molar refractivity (Wildman–Crippen MR) is 35.6 cm³/mol. The van der Waals surface area contributed by atoms with Crippen LogP contribution < -0.4 is 0 Å². The molecule has 0 bridgehead atoms. The Hall–Kier alpha value is -0.0761. The molecule has 0 saturated heterocycles. The first-order chi connectivity index (χ1) is 4.41. The molecule has 0 N–H and O–H groups in total. The molecule has 10 heavy (non-hydrogen) atoms. The van der Waals surface area contributed by atoms with Crippen molar-refractivity contribution in [1.29, 1.82) is 0 Å². The second kappa shape index (κ2) is 11.7. The van der Waals surface area contributed by atoms with E-state index in [-0.39, 0.29) is 32.7 Å². The first-order valence-corrected chi connectivity index (χ1v) is 2.55. The van der Waals surface area contributed by atoms with E-state index in [1.807, 2.05) is 18.2 Å². The van der Waals surface area contributed by atoms with Gasteiger partial charge in [-0.15, -0.1) is 0 Å². The summed E-state index contributed by atoms with van der Waals surface area (Å²) in [6.45, 7) is 1.32. The van der Waals surface area contributed by atoms with Gasteiger partial charge in [-0.25, -0.2) is 0 Å². The number of pyridine rings is 1. The van der Waals surface area contributed by atoms with Gasteiger partial charge >= 0.3 is 0 Å². The maximum Gasteiger partial charge on any atom is 0.0267 e. The summed E-state index contributed by atoms with van der Waals surface area (Å²) in [5, 5.41) is 0. The minimum absolute atomic E-state index is 0. The smallest absolute Gasteiger partial charge is 0.0267 e. The van der Waals surface area contributed by atoms with Crippen LogP contribution in [-0.2, 0) is 37.5 Å². The molecule has 0 fully saturated rings. The van der Waals surface area contributed by atoms with Crippen LogP contribution in [-0.4, -0.2) is 11.3 Å². The summed E-state index contributed by atoms with van der Waals surface area (Å²) in [7, 11) is 0. The number of hydrogen-bond donors (Lipinski definition) is 0. The van der Waals surface area contributed by atoms with Crippen molar-refractivity contribution in [3.8, 4) is 0 Å². The van der Waals surface area contributed by atoms with E-state index in [0.717, 1.165) is 0 Å². The van der Waals surface area contributed by atoms with Crippen LogP contribution in [0.15, 0.2) is 30.6 Å². The minimum atomic E-state index is 0. The van der Waals surface area contributed by atoms with Crippen LogP contribution in [0.25, 0.3) is 0 Å². The molecule has 0 aromatic carbocycles. The van der Waals surface area contributed by atoms with E-state index in [1.54, 1.807) is 12.4 Å². The van der Waals surface area contributed by atoms with E-state index in [9.17, 15) is 0 Å². The van der Waals surface area contributed by atoms with Crippen LogP contribution in [0.2, 0.25) is 0 Å². The van der Waals surface area contributed by atoms with Gasteiger partial charge in [-0.05, 0) is 12.1 Å². The molecule has 3 heteroatoms. The molecule has 51 valence electrons. The van der Waals surface area contributed by atoms with Crippen molar-refractivity contribution in [2.45, 2.75) is 6.92 Å². The molecule has 0 aliphatic rings. The van der Waals surface area contributed by atoms with Gasteiger partial charge in [0.15, 0.2) is 0 Å². The van der Waals surface area contributed by atoms with Gasteiger partial charge in [-0.1, -0.05) is 6.07 Å². The maximum absolute atomic E-state index is 8.68. The fourth-order valence-corrected chi connectivity index (χ4v) is 0.313. The first kappa shape index (κ1) is 12.6. The van der Waals surface area contributed by atoms with Crippen LogP contribution in [0.3, 0.4) is 0 Å². The number of carbonyl (C=O) groups excluding carboxylic acids is 1. The monoisotopic (exact) mass is 211 g/mol. The summed E-state index contributed by atoms with van der Waals surface area (Å²) in [5.41, 5.74) is 0. The van der Waals surface area contributed by atoms with Gasteiger partial charge in [0.1, 0.15) is 0 Å². The summed E-state index contributed by atoms with van der Waals surface area (Å²) >= 11 is 0. The summed E-state index contributed by atoms with van der Waals surface area (Å²) < 4.78 is 0. The van der Waals surface area contributed by atoms with Crippen LogP contribution in [0.4, 0.5) is 0 Å². The molecule has 1 heterocycles. The van der Waals surface area contributed by atoms with Crippen molar-refractivity contribution in [1.82, 2.24) is 4.98 Å². The van der Waals surface area contributed by atoms with Gasteiger partial charge in [-0.3, -0.25) is 11.3 Å². The molecule has 1 aromatic rings. The van der Waals surface area contributed by atoms with Gasteiger partial charge in [0.25, 0.3) is 0 Å². The normalized spacial score (nSPS) is 6.10. The molecule has 1 radical (unpaired) electrons. The molecule has 0 amide bonds. The molecule has 0 aliphatic carbocycles. The largest absolute Gasteiger partial charge is 0.542 e. The molecular weight excluding hydrogens is 203 g/mol. The van der Waals surface area contributed by atoms with Crippen molar-refractivity contribution >= 4 is 6.29 Å². The molecule has 0 unspecified atom stereocenters. The average Bonchev–Trinajstić information content (AvgIpc) is 1.93. The van der Waals surface area contributed by atoms with Crippen molar-refractivity contribution in [3.05, 3.63) is 30.6 Å². The molecule has 0 atom stereocenters. The van der Waals surface area contributed by atoms with Gasteiger partial charge in [0, 0.05) is 45.1 Å². The number of hydrogen-bond acceptors (Lipinski definition) is 2. The van der Waals surface area contributed by atoms with E-state index in [1.165, 1.54) is 13.2 Å². The Morgan fingerprint density at radius 2 is 1.60 bits per heavy atom. The van der Waals surface area contributed by atoms with Crippen molar-refractivity contribution in [2.24, 2.45) is 0 Å². The maximum atomic E-state index is 8.68. The molecule has 0 aliphatic heterocycles. The summed E-state index contributed by atoms with van der Waals surface area (Å²) in [6, 6.07) is 5.72.